The Morgan fingerprint density at radius 1 is 1.08 bits per heavy atom. The molecule has 0 aliphatic heterocycles. The number of hydrogen-bond acceptors (Lipinski definition) is 5. The van der Waals surface area contributed by atoms with E-state index in [2.05, 4.69) is 10.2 Å². The zero-order valence-corrected chi connectivity index (χ0v) is 14.8. The van der Waals surface area contributed by atoms with Gasteiger partial charge in [0.05, 0.1) is 11.9 Å². The van der Waals surface area contributed by atoms with Gasteiger partial charge < -0.3 is 4.74 Å². The van der Waals surface area contributed by atoms with Crippen LogP contribution in [0.3, 0.4) is 0 Å². The van der Waals surface area contributed by atoms with Crippen molar-refractivity contribution >= 4 is 11.8 Å². The summed E-state index contributed by atoms with van der Waals surface area (Å²) in [5.74, 6) is -0.923. The Kier molecular flexibility index (Phi) is 4.93. The number of carbonyl (C=O) groups excluding carboxylic acids is 2. The Morgan fingerprint density at radius 3 is 2.54 bits per heavy atom. The number of esters is 1. The number of ether oxygens (including phenoxy) is 1. The molecule has 6 heteroatoms. The molecule has 1 aromatic heterocycles. The Balaban J connectivity index is 1.72. The Bertz CT molecular complexity index is 948. The van der Waals surface area contributed by atoms with Crippen molar-refractivity contribution in [3.05, 3.63) is 77.1 Å². The highest BCUT2D eigenvalue weighted by Crippen LogP contribution is 2.15. The smallest absolute Gasteiger partial charge is 0.361 e. The highest BCUT2D eigenvalue weighted by atomic mass is 16.5. The van der Waals surface area contributed by atoms with E-state index in [0.717, 1.165) is 16.8 Å². The highest BCUT2D eigenvalue weighted by molar-refractivity contribution is 6.02. The molecule has 132 valence electrons. The third-order valence-corrected chi connectivity index (χ3v) is 4.00. The van der Waals surface area contributed by atoms with E-state index in [4.69, 9.17) is 4.74 Å². The van der Waals surface area contributed by atoms with Gasteiger partial charge >= 0.3 is 5.97 Å². The largest absolute Gasteiger partial charge is 0.449 e. The fraction of sp³-hybridized carbons (Fsp3) is 0.200. The summed E-state index contributed by atoms with van der Waals surface area (Å²) in [7, 11) is 0. The summed E-state index contributed by atoms with van der Waals surface area (Å²) >= 11 is 0. The Morgan fingerprint density at radius 2 is 1.81 bits per heavy atom. The van der Waals surface area contributed by atoms with Crippen LogP contribution in [0.15, 0.2) is 54.7 Å². The van der Waals surface area contributed by atoms with E-state index in [-0.39, 0.29) is 11.5 Å². The Hall–Kier alpha value is -3.28. The molecule has 0 N–H and O–H groups in total. The molecule has 0 fully saturated rings. The predicted molar refractivity (Wildman–Crippen MR) is 96.5 cm³/mol. The standard InChI is InChI=1S/C20H19N3O3/c1-13-9-10-14(2)17(11-13)19(24)15(3)26-20(25)18-12-21-23(22-18)16-7-5-4-6-8-16/h4-12,15H,1-3H3/t15-/m1/s1. The minimum absolute atomic E-state index is 0.0504. The van der Waals surface area contributed by atoms with Gasteiger partial charge in [0.2, 0.25) is 5.78 Å². The maximum atomic E-state index is 12.6. The van der Waals surface area contributed by atoms with Gasteiger partial charge in [-0.2, -0.15) is 9.90 Å². The molecule has 1 atom stereocenters. The molecular weight excluding hydrogens is 330 g/mol. The number of hydrogen-bond donors (Lipinski definition) is 0. The average molecular weight is 349 g/mol. The number of rotatable bonds is 5. The summed E-state index contributed by atoms with van der Waals surface area (Å²) < 4.78 is 5.29. The molecule has 3 aromatic rings. The second kappa shape index (κ2) is 7.31. The van der Waals surface area contributed by atoms with Crippen LogP contribution in [0.25, 0.3) is 5.69 Å². The fourth-order valence-electron chi connectivity index (χ4n) is 2.54. The zero-order valence-electron chi connectivity index (χ0n) is 14.8. The summed E-state index contributed by atoms with van der Waals surface area (Å²) in [6.45, 7) is 5.32. The van der Waals surface area contributed by atoms with Crippen molar-refractivity contribution in [1.82, 2.24) is 15.0 Å². The monoisotopic (exact) mass is 349 g/mol. The molecule has 0 spiro atoms. The molecule has 0 saturated carbocycles. The minimum atomic E-state index is -0.912. The fourth-order valence-corrected chi connectivity index (χ4v) is 2.54. The molecule has 0 saturated heterocycles. The number of aromatic nitrogens is 3. The molecular formula is C20H19N3O3. The van der Waals surface area contributed by atoms with Crippen molar-refractivity contribution in [2.45, 2.75) is 26.9 Å². The van der Waals surface area contributed by atoms with Crippen molar-refractivity contribution in [2.75, 3.05) is 0 Å². The van der Waals surface area contributed by atoms with Crippen LogP contribution in [-0.4, -0.2) is 32.9 Å². The number of para-hydroxylation sites is 1. The molecule has 0 amide bonds. The van der Waals surface area contributed by atoms with Crippen molar-refractivity contribution in [2.24, 2.45) is 0 Å². The second-order valence-electron chi connectivity index (χ2n) is 6.08. The summed E-state index contributed by atoms with van der Waals surface area (Å²) in [6, 6.07) is 14.8. The van der Waals surface area contributed by atoms with E-state index >= 15 is 0 Å². The zero-order chi connectivity index (χ0) is 18.7. The molecule has 0 unspecified atom stereocenters. The van der Waals surface area contributed by atoms with Crippen molar-refractivity contribution in [3.8, 4) is 5.69 Å². The first-order valence-corrected chi connectivity index (χ1v) is 8.26. The third-order valence-electron chi connectivity index (χ3n) is 4.00. The lowest BCUT2D eigenvalue weighted by atomic mass is 9.99. The van der Waals surface area contributed by atoms with E-state index < -0.39 is 12.1 Å². The van der Waals surface area contributed by atoms with Gasteiger partial charge in [-0.05, 0) is 44.5 Å². The molecule has 26 heavy (non-hydrogen) atoms. The summed E-state index contributed by atoms with van der Waals surface area (Å²) in [5.41, 5.74) is 3.15. The van der Waals surface area contributed by atoms with Gasteiger partial charge in [0.1, 0.15) is 0 Å². The Labute approximate surface area is 151 Å². The van der Waals surface area contributed by atoms with Crippen LogP contribution in [0.2, 0.25) is 0 Å². The molecule has 0 bridgehead atoms. The SMILES string of the molecule is Cc1ccc(C)c(C(=O)[C@@H](C)OC(=O)c2cnn(-c3ccccc3)n2)c1. The first-order valence-electron chi connectivity index (χ1n) is 8.26. The lowest BCUT2D eigenvalue weighted by Crippen LogP contribution is -2.25. The molecule has 1 heterocycles. The highest BCUT2D eigenvalue weighted by Gasteiger charge is 2.23. The van der Waals surface area contributed by atoms with Gasteiger partial charge in [0.25, 0.3) is 0 Å². The van der Waals surface area contributed by atoms with E-state index in [9.17, 15) is 9.59 Å². The van der Waals surface area contributed by atoms with Crippen LogP contribution in [0.1, 0.15) is 38.9 Å². The van der Waals surface area contributed by atoms with Gasteiger partial charge in [-0.3, -0.25) is 4.79 Å². The number of aryl methyl sites for hydroxylation is 2. The first kappa shape index (κ1) is 17.5. The van der Waals surface area contributed by atoms with Crippen molar-refractivity contribution in [3.63, 3.8) is 0 Å². The second-order valence-corrected chi connectivity index (χ2v) is 6.08. The maximum absolute atomic E-state index is 12.6. The quantitative estimate of drug-likeness (QED) is 0.522. The molecule has 6 nitrogen and oxygen atoms in total. The van der Waals surface area contributed by atoms with E-state index in [1.54, 1.807) is 13.0 Å². The van der Waals surface area contributed by atoms with Crippen LogP contribution in [-0.2, 0) is 4.74 Å². The minimum Gasteiger partial charge on any atom is -0.449 e. The third kappa shape index (κ3) is 3.69. The number of nitrogens with zero attached hydrogens (tertiary/aromatic N) is 3. The topological polar surface area (TPSA) is 74.1 Å². The van der Waals surface area contributed by atoms with E-state index in [1.165, 1.54) is 11.0 Å². The molecule has 2 aromatic carbocycles. The summed E-state index contributed by atoms with van der Waals surface area (Å²) in [6.07, 6.45) is 0.412. The van der Waals surface area contributed by atoms with Crippen LogP contribution in [0.4, 0.5) is 0 Å². The van der Waals surface area contributed by atoms with Gasteiger partial charge in [0, 0.05) is 5.56 Å². The lowest BCUT2D eigenvalue weighted by Gasteiger charge is -2.13. The molecule has 0 aliphatic carbocycles. The molecule has 0 radical (unpaired) electrons. The predicted octanol–water partition coefficient (Wildman–Crippen LogP) is 3.31. The molecule has 0 aliphatic rings. The van der Waals surface area contributed by atoms with Crippen LogP contribution >= 0.6 is 0 Å². The normalized spacial score (nSPS) is 11.8. The van der Waals surface area contributed by atoms with E-state index in [0.29, 0.717) is 5.56 Å². The summed E-state index contributed by atoms with van der Waals surface area (Å²) in [4.78, 5) is 26.2. The van der Waals surface area contributed by atoms with Gasteiger partial charge in [-0.15, -0.1) is 5.10 Å². The maximum Gasteiger partial charge on any atom is 0.361 e. The van der Waals surface area contributed by atoms with Gasteiger partial charge in [-0.25, -0.2) is 4.79 Å². The number of carbonyl (C=O) groups is 2. The molecule has 3 rings (SSSR count). The van der Waals surface area contributed by atoms with Crippen molar-refractivity contribution in [1.29, 1.82) is 0 Å². The van der Waals surface area contributed by atoms with Crippen molar-refractivity contribution < 1.29 is 14.3 Å². The van der Waals surface area contributed by atoms with Crippen LogP contribution in [0, 0.1) is 13.8 Å². The van der Waals surface area contributed by atoms with E-state index in [1.807, 2.05) is 56.3 Å². The van der Waals surface area contributed by atoms with Crippen LogP contribution in [0.5, 0.6) is 0 Å². The van der Waals surface area contributed by atoms with Gasteiger partial charge in [0.15, 0.2) is 11.8 Å². The number of benzene rings is 2. The van der Waals surface area contributed by atoms with Crippen LogP contribution < -0.4 is 0 Å². The lowest BCUT2D eigenvalue weighted by molar-refractivity contribution is 0.0312. The van der Waals surface area contributed by atoms with Gasteiger partial charge in [-0.1, -0.05) is 35.9 Å². The average Bonchev–Trinajstić information content (AvgIpc) is 3.14. The number of ketones is 1. The first-order chi connectivity index (χ1) is 12.5. The summed E-state index contributed by atoms with van der Waals surface area (Å²) in [5, 5.41) is 8.18. The number of Topliss-reactive ketones (excluding diaryl/α,β-unsaturated/α-hetero) is 1.